The number of carbonyl (C=O) groups excluding carboxylic acids is 1. The van der Waals surface area contributed by atoms with E-state index in [0.717, 1.165) is 32.4 Å². The molecule has 1 heterocycles. The summed E-state index contributed by atoms with van der Waals surface area (Å²) in [6.07, 6.45) is 5.13. The van der Waals surface area contributed by atoms with Crippen molar-refractivity contribution in [1.82, 2.24) is 10.6 Å². The van der Waals surface area contributed by atoms with Gasteiger partial charge in [0.1, 0.15) is 0 Å². The van der Waals surface area contributed by atoms with Gasteiger partial charge < -0.3 is 10.6 Å². The lowest BCUT2D eigenvalue weighted by Gasteiger charge is -2.04. The van der Waals surface area contributed by atoms with Crippen LogP contribution in [-0.2, 0) is 11.2 Å². The molecule has 2 N–H and O–H groups in total. The summed E-state index contributed by atoms with van der Waals surface area (Å²) in [6, 6.07) is 4.27. The second kappa shape index (κ2) is 11.5. The third kappa shape index (κ3) is 8.50. The first-order valence-corrected chi connectivity index (χ1v) is 7.14. The third-order valence-electron chi connectivity index (χ3n) is 2.60. The molecule has 0 spiro atoms. The number of aryl methyl sites for hydroxylation is 1. The van der Waals surface area contributed by atoms with Crippen molar-refractivity contribution >= 4 is 29.7 Å². The van der Waals surface area contributed by atoms with Crippen LogP contribution in [0.4, 0.5) is 0 Å². The molecular formula is C13H23ClN2OS. The van der Waals surface area contributed by atoms with E-state index in [1.54, 1.807) is 0 Å². The summed E-state index contributed by atoms with van der Waals surface area (Å²) in [5.41, 5.74) is 0. The van der Waals surface area contributed by atoms with Crippen LogP contribution in [-0.4, -0.2) is 26.0 Å². The summed E-state index contributed by atoms with van der Waals surface area (Å²) < 4.78 is 0. The first-order valence-electron chi connectivity index (χ1n) is 6.26. The number of halogens is 1. The lowest BCUT2D eigenvalue weighted by Crippen LogP contribution is -2.30. The van der Waals surface area contributed by atoms with Gasteiger partial charge in [-0.3, -0.25) is 4.79 Å². The molecule has 0 saturated heterocycles. The van der Waals surface area contributed by atoms with Gasteiger partial charge in [-0.1, -0.05) is 12.5 Å². The highest BCUT2D eigenvalue weighted by molar-refractivity contribution is 7.09. The molecule has 1 amide bonds. The molecule has 0 fully saturated rings. The number of nitrogens with one attached hydrogen (secondary N) is 2. The smallest absolute Gasteiger partial charge is 0.220 e. The van der Waals surface area contributed by atoms with E-state index in [4.69, 9.17) is 0 Å². The maximum atomic E-state index is 11.4. The van der Waals surface area contributed by atoms with Crippen molar-refractivity contribution < 1.29 is 4.79 Å². The minimum Gasteiger partial charge on any atom is -0.355 e. The number of rotatable bonds is 9. The van der Waals surface area contributed by atoms with Gasteiger partial charge >= 0.3 is 0 Å². The van der Waals surface area contributed by atoms with Gasteiger partial charge in [0, 0.05) is 24.4 Å². The van der Waals surface area contributed by atoms with E-state index in [0.29, 0.717) is 6.42 Å². The number of likely N-dealkylation sites (N-methyl/N-ethyl adjacent to an activating group) is 1. The van der Waals surface area contributed by atoms with E-state index in [-0.39, 0.29) is 18.3 Å². The SMILES string of the molecule is CNCCNC(=O)CCCCCc1cccs1.Cl. The molecule has 0 unspecified atom stereocenters. The Bertz CT molecular complexity index is 304. The Morgan fingerprint density at radius 2 is 2.11 bits per heavy atom. The van der Waals surface area contributed by atoms with Crippen molar-refractivity contribution in [3.05, 3.63) is 22.4 Å². The Balaban J connectivity index is 0.00000289. The maximum Gasteiger partial charge on any atom is 0.220 e. The molecule has 0 aromatic carbocycles. The van der Waals surface area contributed by atoms with Crippen molar-refractivity contribution in [2.75, 3.05) is 20.1 Å². The Morgan fingerprint density at radius 3 is 2.78 bits per heavy atom. The molecule has 1 aromatic heterocycles. The van der Waals surface area contributed by atoms with Gasteiger partial charge in [-0.2, -0.15) is 0 Å². The lowest BCUT2D eigenvalue weighted by atomic mass is 10.1. The molecule has 0 aliphatic heterocycles. The van der Waals surface area contributed by atoms with E-state index in [1.807, 2.05) is 18.4 Å². The van der Waals surface area contributed by atoms with Crippen LogP contribution in [0.2, 0.25) is 0 Å². The summed E-state index contributed by atoms with van der Waals surface area (Å²) in [4.78, 5) is 12.8. The Morgan fingerprint density at radius 1 is 1.28 bits per heavy atom. The predicted molar refractivity (Wildman–Crippen MR) is 80.7 cm³/mol. The van der Waals surface area contributed by atoms with Gasteiger partial charge in [-0.15, -0.1) is 23.7 Å². The molecule has 0 atom stereocenters. The molecule has 0 aliphatic rings. The second-order valence-electron chi connectivity index (χ2n) is 4.09. The van der Waals surface area contributed by atoms with E-state index in [9.17, 15) is 4.79 Å². The van der Waals surface area contributed by atoms with Crippen LogP contribution >= 0.6 is 23.7 Å². The molecule has 1 aromatic rings. The number of amides is 1. The monoisotopic (exact) mass is 290 g/mol. The molecule has 0 bridgehead atoms. The summed E-state index contributed by atoms with van der Waals surface area (Å²) >= 11 is 1.81. The number of hydrogen-bond acceptors (Lipinski definition) is 3. The van der Waals surface area contributed by atoms with Crippen molar-refractivity contribution in [2.45, 2.75) is 32.1 Å². The van der Waals surface area contributed by atoms with E-state index < -0.39 is 0 Å². The Kier molecular flexibility index (Phi) is 11.1. The largest absolute Gasteiger partial charge is 0.355 e. The third-order valence-corrected chi connectivity index (χ3v) is 3.54. The topological polar surface area (TPSA) is 41.1 Å². The number of hydrogen-bond donors (Lipinski definition) is 2. The Hall–Kier alpha value is -0.580. The zero-order chi connectivity index (χ0) is 12.3. The van der Waals surface area contributed by atoms with Gasteiger partial charge in [-0.05, 0) is 37.8 Å². The molecule has 104 valence electrons. The second-order valence-corrected chi connectivity index (χ2v) is 5.13. The quantitative estimate of drug-likeness (QED) is 0.687. The van der Waals surface area contributed by atoms with Gasteiger partial charge in [0.05, 0.1) is 0 Å². The van der Waals surface area contributed by atoms with Gasteiger partial charge in [0.2, 0.25) is 5.91 Å². The molecule has 0 aliphatic carbocycles. The first-order chi connectivity index (χ1) is 8.33. The molecule has 1 rings (SSSR count). The van der Waals surface area contributed by atoms with Crippen LogP contribution in [0.1, 0.15) is 30.6 Å². The lowest BCUT2D eigenvalue weighted by molar-refractivity contribution is -0.121. The van der Waals surface area contributed by atoms with E-state index in [2.05, 4.69) is 28.1 Å². The van der Waals surface area contributed by atoms with Crippen LogP contribution < -0.4 is 10.6 Å². The molecule has 0 saturated carbocycles. The molecular weight excluding hydrogens is 268 g/mol. The first kappa shape index (κ1) is 17.4. The number of thiophene rings is 1. The highest BCUT2D eigenvalue weighted by Crippen LogP contribution is 2.13. The molecule has 3 nitrogen and oxygen atoms in total. The average molecular weight is 291 g/mol. The van der Waals surface area contributed by atoms with E-state index >= 15 is 0 Å². The van der Waals surface area contributed by atoms with Crippen LogP contribution in [0, 0.1) is 0 Å². The van der Waals surface area contributed by atoms with Gasteiger partial charge in [0.15, 0.2) is 0 Å². The summed E-state index contributed by atoms with van der Waals surface area (Å²) in [5.74, 6) is 0.177. The zero-order valence-corrected chi connectivity index (χ0v) is 12.5. The normalized spacial score (nSPS) is 9.83. The fourth-order valence-corrected chi connectivity index (χ4v) is 2.38. The highest BCUT2D eigenvalue weighted by atomic mass is 35.5. The van der Waals surface area contributed by atoms with E-state index in [1.165, 1.54) is 11.3 Å². The Labute approximate surface area is 120 Å². The summed E-state index contributed by atoms with van der Waals surface area (Å²) in [5, 5.41) is 8.01. The fraction of sp³-hybridized carbons (Fsp3) is 0.615. The highest BCUT2D eigenvalue weighted by Gasteiger charge is 2.00. The predicted octanol–water partition coefficient (Wildman–Crippen LogP) is 2.61. The number of carbonyl (C=O) groups is 1. The van der Waals surface area contributed by atoms with Crippen LogP contribution in [0.15, 0.2) is 17.5 Å². The van der Waals surface area contributed by atoms with Crippen LogP contribution in [0.25, 0.3) is 0 Å². The van der Waals surface area contributed by atoms with Crippen molar-refractivity contribution in [1.29, 1.82) is 0 Å². The van der Waals surface area contributed by atoms with Gasteiger partial charge in [-0.25, -0.2) is 0 Å². The summed E-state index contributed by atoms with van der Waals surface area (Å²) in [6.45, 7) is 1.56. The minimum atomic E-state index is 0. The molecule has 18 heavy (non-hydrogen) atoms. The molecule has 5 heteroatoms. The van der Waals surface area contributed by atoms with Crippen LogP contribution in [0.3, 0.4) is 0 Å². The van der Waals surface area contributed by atoms with Crippen molar-refractivity contribution in [3.63, 3.8) is 0 Å². The van der Waals surface area contributed by atoms with Gasteiger partial charge in [0.25, 0.3) is 0 Å². The number of unbranched alkanes of at least 4 members (excludes halogenated alkanes) is 2. The van der Waals surface area contributed by atoms with Crippen molar-refractivity contribution in [3.8, 4) is 0 Å². The zero-order valence-electron chi connectivity index (χ0n) is 10.9. The average Bonchev–Trinajstić information content (AvgIpc) is 2.82. The maximum absolute atomic E-state index is 11.4. The fourth-order valence-electron chi connectivity index (χ4n) is 1.63. The standard InChI is InChI=1S/C13H22N2OS.ClH/c1-14-9-10-15-13(16)8-4-2-3-6-12-7-5-11-17-12;/h5,7,11,14H,2-4,6,8-10H2,1H3,(H,15,16);1H. The molecule has 0 radical (unpaired) electrons. The van der Waals surface area contributed by atoms with Crippen LogP contribution in [0.5, 0.6) is 0 Å². The van der Waals surface area contributed by atoms with Crippen molar-refractivity contribution in [2.24, 2.45) is 0 Å². The summed E-state index contributed by atoms with van der Waals surface area (Å²) in [7, 11) is 1.89. The minimum absolute atomic E-state index is 0.